The zero-order valence-electron chi connectivity index (χ0n) is 17.6. The van der Waals surface area contributed by atoms with E-state index in [0.29, 0.717) is 46.1 Å². The number of hydrogen-bond donors (Lipinski definition) is 3. The predicted octanol–water partition coefficient (Wildman–Crippen LogP) is 2.56. The van der Waals surface area contributed by atoms with Crippen LogP contribution in [0.15, 0.2) is 41.5 Å². The molecule has 0 aliphatic carbocycles. The molecule has 31 heavy (non-hydrogen) atoms. The molecule has 0 radical (unpaired) electrons. The van der Waals surface area contributed by atoms with Crippen molar-refractivity contribution in [3.8, 4) is 11.5 Å². The number of nitrogens with two attached hydrogens (primary N) is 1. The van der Waals surface area contributed by atoms with Crippen LogP contribution in [0.4, 0.5) is 10.5 Å². The second-order valence-electron chi connectivity index (χ2n) is 6.92. The molecule has 0 bridgehead atoms. The van der Waals surface area contributed by atoms with Crippen LogP contribution in [-0.2, 0) is 16.0 Å². The molecule has 0 unspecified atom stereocenters. The number of carbonyl (C=O) groups is 2. The first-order valence-corrected chi connectivity index (χ1v) is 9.99. The molecule has 9 nitrogen and oxygen atoms in total. The summed E-state index contributed by atoms with van der Waals surface area (Å²) in [6.45, 7) is 2.68. The number of rotatable bonds is 8. The van der Waals surface area contributed by atoms with Crippen LogP contribution in [0.2, 0.25) is 0 Å². The molecule has 0 fully saturated rings. The van der Waals surface area contributed by atoms with E-state index in [1.807, 2.05) is 6.92 Å². The van der Waals surface area contributed by atoms with Crippen LogP contribution >= 0.6 is 0 Å². The third-order valence-corrected chi connectivity index (χ3v) is 4.69. The van der Waals surface area contributed by atoms with Crippen molar-refractivity contribution in [2.24, 2.45) is 5.10 Å². The van der Waals surface area contributed by atoms with E-state index in [9.17, 15) is 9.59 Å². The summed E-state index contributed by atoms with van der Waals surface area (Å²) in [5.41, 5.74) is 11.3. The van der Waals surface area contributed by atoms with Gasteiger partial charge in [-0.25, -0.2) is 10.2 Å². The molecule has 0 atom stereocenters. The number of esters is 1. The Balaban J connectivity index is 2.02. The minimum Gasteiger partial charge on any atom is -0.469 e. The van der Waals surface area contributed by atoms with Gasteiger partial charge in [0.1, 0.15) is 0 Å². The number of urea groups is 1. The lowest BCUT2D eigenvalue weighted by molar-refractivity contribution is -0.139. The Bertz CT molecular complexity index is 973. The van der Waals surface area contributed by atoms with Crippen LogP contribution in [-0.4, -0.2) is 38.2 Å². The third kappa shape index (κ3) is 5.65. The highest BCUT2D eigenvalue weighted by molar-refractivity contribution is 6.14. The van der Waals surface area contributed by atoms with Crippen LogP contribution in [0.5, 0.6) is 11.5 Å². The lowest BCUT2D eigenvalue weighted by atomic mass is 9.95. The Morgan fingerprint density at radius 2 is 1.87 bits per heavy atom. The number of methoxy groups -OCH3 is 1. The van der Waals surface area contributed by atoms with Crippen molar-refractivity contribution in [2.45, 2.75) is 26.2 Å². The van der Waals surface area contributed by atoms with Crippen LogP contribution in [0.1, 0.15) is 36.5 Å². The second-order valence-corrected chi connectivity index (χ2v) is 6.92. The molecule has 1 aliphatic rings. The molecule has 4 N–H and O–H groups in total. The quantitative estimate of drug-likeness (QED) is 0.196. The van der Waals surface area contributed by atoms with Gasteiger partial charge in [0.2, 0.25) is 6.79 Å². The fourth-order valence-electron chi connectivity index (χ4n) is 3.02. The minimum absolute atomic E-state index is 0.000831. The third-order valence-electron chi connectivity index (χ3n) is 4.69. The van der Waals surface area contributed by atoms with Gasteiger partial charge in [-0.15, -0.1) is 0 Å². The van der Waals surface area contributed by atoms with E-state index < -0.39 is 12.0 Å². The highest BCUT2D eigenvalue weighted by atomic mass is 16.7. The molecule has 9 heteroatoms. The fourth-order valence-corrected chi connectivity index (χ4v) is 3.02. The summed E-state index contributed by atoms with van der Waals surface area (Å²) in [6.07, 6.45) is 1.83. The molecule has 1 heterocycles. The highest BCUT2D eigenvalue weighted by Crippen LogP contribution is 2.36. The van der Waals surface area contributed by atoms with Crippen LogP contribution in [0, 0.1) is 0 Å². The lowest BCUT2D eigenvalue weighted by Crippen LogP contribution is -2.33. The van der Waals surface area contributed by atoms with Crippen LogP contribution in [0.25, 0.3) is 0 Å². The standard InChI is InChI=1S/C22H26N4O5/c1-3-4-9-24-22(28)26-25-21(14-5-7-16(23)8-6-14)17-12-19-18(30-13-31-19)10-15(17)11-20(27)29-2/h5-8,10,12H,3-4,9,11,13,23H2,1-2H3,(H2,24,26,28)/b25-21-. The average molecular weight is 426 g/mol. The lowest BCUT2D eigenvalue weighted by Gasteiger charge is -2.14. The van der Waals surface area contributed by atoms with E-state index in [2.05, 4.69) is 15.8 Å². The number of nitrogens with one attached hydrogen (secondary N) is 2. The highest BCUT2D eigenvalue weighted by Gasteiger charge is 2.22. The number of unbranched alkanes of at least 4 members (excludes halogenated alkanes) is 1. The van der Waals surface area contributed by atoms with Gasteiger partial charge >= 0.3 is 12.0 Å². The van der Waals surface area contributed by atoms with Crippen molar-refractivity contribution in [1.29, 1.82) is 0 Å². The van der Waals surface area contributed by atoms with Crippen LogP contribution in [0.3, 0.4) is 0 Å². The summed E-state index contributed by atoms with van der Waals surface area (Å²) in [5.74, 6) is 0.644. The first-order valence-electron chi connectivity index (χ1n) is 9.99. The molecule has 2 aromatic rings. The Morgan fingerprint density at radius 3 is 2.55 bits per heavy atom. The summed E-state index contributed by atoms with van der Waals surface area (Å²) in [7, 11) is 1.33. The minimum atomic E-state index is -0.420. The van der Waals surface area contributed by atoms with E-state index in [0.717, 1.165) is 12.8 Å². The number of hydrogen-bond acceptors (Lipinski definition) is 7. The van der Waals surface area contributed by atoms with Crippen molar-refractivity contribution < 1.29 is 23.8 Å². The first-order chi connectivity index (χ1) is 15.0. The zero-order chi connectivity index (χ0) is 22.2. The fraction of sp³-hybridized carbons (Fsp3) is 0.318. The normalized spacial score (nSPS) is 12.4. The Kier molecular flexibility index (Phi) is 7.31. The van der Waals surface area contributed by atoms with Crippen LogP contribution < -0.4 is 25.9 Å². The molecular weight excluding hydrogens is 400 g/mol. The largest absolute Gasteiger partial charge is 0.469 e. The van der Waals surface area contributed by atoms with E-state index in [1.165, 1.54) is 7.11 Å². The summed E-state index contributed by atoms with van der Waals surface area (Å²) >= 11 is 0. The number of carbonyl (C=O) groups excluding carboxylic acids is 2. The second kappa shape index (κ2) is 10.3. The van der Waals surface area contributed by atoms with Gasteiger partial charge in [-0.2, -0.15) is 5.10 Å². The van der Waals surface area contributed by atoms with Gasteiger partial charge in [0.15, 0.2) is 11.5 Å². The van der Waals surface area contributed by atoms with Gasteiger partial charge < -0.3 is 25.3 Å². The molecular formula is C22H26N4O5. The van der Waals surface area contributed by atoms with Gasteiger partial charge in [0, 0.05) is 23.4 Å². The predicted molar refractivity (Wildman–Crippen MR) is 116 cm³/mol. The molecule has 2 aromatic carbocycles. The van der Waals surface area contributed by atoms with E-state index in [4.69, 9.17) is 19.9 Å². The maximum atomic E-state index is 12.2. The topological polar surface area (TPSA) is 124 Å². The Hall–Kier alpha value is -3.75. The average Bonchev–Trinajstić information content (AvgIpc) is 3.22. The maximum Gasteiger partial charge on any atom is 0.335 e. The Morgan fingerprint density at radius 1 is 1.16 bits per heavy atom. The van der Waals surface area contributed by atoms with Gasteiger partial charge in [0.05, 0.1) is 19.2 Å². The van der Waals surface area contributed by atoms with Crippen molar-refractivity contribution in [3.05, 3.63) is 53.1 Å². The van der Waals surface area contributed by atoms with Gasteiger partial charge in [-0.3, -0.25) is 4.79 Å². The number of anilines is 1. The van der Waals surface area contributed by atoms with E-state index in [1.54, 1.807) is 36.4 Å². The molecule has 0 aromatic heterocycles. The summed E-state index contributed by atoms with van der Waals surface area (Å²) in [5, 5.41) is 7.11. The number of amides is 2. The number of ether oxygens (including phenoxy) is 3. The number of benzene rings is 2. The molecule has 2 amide bonds. The molecule has 0 spiro atoms. The molecule has 0 saturated heterocycles. The van der Waals surface area contributed by atoms with Gasteiger partial charge in [-0.1, -0.05) is 25.5 Å². The van der Waals surface area contributed by atoms with E-state index in [-0.39, 0.29) is 13.2 Å². The maximum absolute atomic E-state index is 12.2. The number of nitrogen functional groups attached to an aromatic ring is 1. The van der Waals surface area contributed by atoms with Crippen molar-refractivity contribution in [2.75, 3.05) is 26.2 Å². The summed E-state index contributed by atoms with van der Waals surface area (Å²) in [4.78, 5) is 24.2. The number of nitrogens with zero attached hydrogens (tertiary/aromatic N) is 1. The SMILES string of the molecule is CCCCNC(=O)N/N=C(/c1ccc(N)cc1)c1cc2c(cc1CC(=O)OC)OCO2. The van der Waals surface area contributed by atoms with E-state index >= 15 is 0 Å². The monoisotopic (exact) mass is 426 g/mol. The summed E-state index contributed by atoms with van der Waals surface area (Å²) < 4.78 is 15.8. The molecule has 0 saturated carbocycles. The van der Waals surface area contributed by atoms with Crippen molar-refractivity contribution in [1.82, 2.24) is 10.7 Å². The zero-order valence-corrected chi connectivity index (χ0v) is 17.6. The summed E-state index contributed by atoms with van der Waals surface area (Å²) in [6, 6.07) is 10.1. The van der Waals surface area contributed by atoms with Crippen molar-refractivity contribution >= 4 is 23.4 Å². The molecule has 1 aliphatic heterocycles. The number of hydrazone groups is 1. The van der Waals surface area contributed by atoms with Gasteiger partial charge in [0.25, 0.3) is 0 Å². The smallest absolute Gasteiger partial charge is 0.335 e. The Labute approximate surface area is 180 Å². The van der Waals surface area contributed by atoms with Gasteiger partial charge in [-0.05, 0) is 36.2 Å². The number of fused-ring (bicyclic) bond motifs is 1. The van der Waals surface area contributed by atoms with Crippen molar-refractivity contribution in [3.63, 3.8) is 0 Å². The molecule has 164 valence electrons. The first kappa shape index (κ1) is 21.9. The molecule has 3 rings (SSSR count).